The number of nitrogens with zero attached hydrogens (tertiary/aromatic N) is 1. The van der Waals surface area contributed by atoms with Crippen LogP contribution in [0.1, 0.15) is 16.8 Å². The molecule has 1 atom stereocenters. The average molecular weight is 389 g/mol. The Hall–Kier alpha value is -3.07. The van der Waals surface area contributed by atoms with Crippen molar-refractivity contribution in [2.24, 2.45) is 5.73 Å². The lowest BCUT2D eigenvalue weighted by Gasteiger charge is -2.20. The maximum Gasteiger partial charge on any atom is 0.265 e. The number of carbonyl (C=O) groups is 2. The van der Waals surface area contributed by atoms with Gasteiger partial charge in [-0.05, 0) is 24.3 Å². The Morgan fingerprint density at radius 1 is 1.15 bits per heavy atom. The highest BCUT2D eigenvalue weighted by Gasteiger charge is 2.31. The van der Waals surface area contributed by atoms with E-state index in [9.17, 15) is 18.0 Å². The fourth-order valence-corrected chi connectivity index (χ4v) is 3.82. The second kappa shape index (κ2) is 7.28. The number of ether oxygens (including phenoxy) is 1. The summed E-state index contributed by atoms with van der Waals surface area (Å²) >= 11 is 0. The zero-order chi connectivity index (χ0) is 19.6. The number of fused-ring (bicyclic) bond motifs is 1. The van der Waals surface area contributed by atoms with Gasteiger partial charge in [0.1, 0.15) is 5.75 Å². The minimum atomic E-state index is -3.53. The van der Waals surface area contributed by atoms with E-state index in [2.05, 4.69) is 5.32 Å². The summed E-state index contributed by atoms with van der Waals surface area (Å²) in [5.41, 5.74) is 6.16. The maximum absolute atomic E-state index is 12.7. The van der Waals surface area contributed by atoms with E-state index >= 15 is 0 Å². The molecule has 0 fully saturated rings. The van der Waals surface area contributed by atoms with Gasteiger partial charge in [-0.2, -0.15) is 0 Å². The van der Waals surface area contributed by atoms with Gasteiger partial charge in [0, 0.05) is 13.0 Å². The van der Waals surface area contributed by atoms with Gasteiger partial charge < -0.3 is 15.8 Å². The summed E-state index contributed by atoms with van der Waals surface area (Å²) in [5, 5.41) is 2.64. The molecule has 0 saturated heterocycles. The van der Waals surface area contributed by atoms with Crippen LogP contribution in [0.25, 0.3) is 0 Å². The molecule has 0 radical (unpaired) electrons. The predicted molar refractivity (Wildman–Crippen MR) is 101 cm³/mol. The second-order valence-electron chi connectivity index (χ2n) is 6.10. The molecule has 1 aliphatic rings. The molecule has 27 heavy (non-hydrogen) atoms. The standard InChI is InChI=1S/C18H19N3O5S/c1-27(24,25)21-11-10-16(26-15-9-5-4-8-14(15)21)18(23)20-13-7-3-2-6-12(13)17(19)22/h2-9,16H,10-11H2,1H3,(H2,19,22)(H,20,23)/t16-/m1/s1. The molecule has 1 heterocycles. The number of nitrogens with two attached hydrogens (primary N) is 1. The van der Waals surface area contributed by atoms with Crippen LogP contribution in [0.15, 0.2) is 48.5 Å². The maximum atomic E-state index is 12.7. The zero-order valence-corrected chi connectivity index (χ0v) is 15.4. The third-order valence-electron chi connectivity index (χ3n) is 4.14. The fourth-order valence-electron chi connectivity index (χ4n) is 2.88. The smallest absolute Gasteiger partial charge is 0.265 e. The predicted octanol–water partition coefficient (Wildman–Crippen LogP) is 1.34. The molecule has 0 aliphatic carbocycles. The van der Waals surface area contributed by atoms with Crippen LogP contribution < -0.4 is 20.1 Å². The Labute approximate surface area is 157 Å². The number of primary amides is 1. The number of benzene rings is 2. The number of anilines is 2. The van der Waals surface area contributed by atoms with E-state index in [1.807, 2.05) is 0 Å². The van der Waals surface area contributed by atoms with Gasteiger partial charge in [-0.25, -0.2) is 8.42 Å². The summed E-state index contributed by atoms with van der Waals surface area (Å²) in [4.78, 5) is 24.2. The van der Waals surface area contributed by atoms with Gasteiger partial charge in [-0.3, -0.25) is 13.9 Å². The molecule has 3 rings (SSSR count). The van der Waals surface area contributed by atoms with Crippen LogP contribution in [-0.2, 0) is 14.8 Å². The van der Waals surface area contributed by atoms with Crippen molar-refractivity contribution in [2.45, 2.75) is 12.5 Å². The monoisotopic (exact) mass is 389 g/mol. The van der Waals surface area contributed by atoms with Gasteiger partial charge in [0.2, 0.25) is 10.0 Å². The molecule has 2 amide bonds. The molecule has 1 aliphatic heterocycles. The van der Waals surface area contributed by atoms with Crippen molar-refractivity contribution in [3.8, 4) is 5.75 Å². The topological polar surface area (TPSA) is 119 Å². The van der Waals surface area contributed by atoms with Gasteiger partial charge in [0.05, 0.1) is 23.2 Å². The zero-order valence-electron chi connectivity index (χ0n) is 14.6. The highest BCUT2D eigenvalue weighted by Crippen LogP contribution is 2.34. The SMILES string of the molecule is CS(=O)(=O)N1CC[C@H](C(=O)Nc2ccccc2C(N)=O)Oc2ccccc21. The normalized spacial score (nSPS) is 16.6. The number of rotatable bonds is 4. The average Bonchev–Trinajstić information content (AvgIpc) is 2.81. The summed E-state index contributed by atoms with van der Waals surface area (Å²) in [6.07, 6.45) is 0.318. The van der Waals surface area contributed by atoms with E-state index in [0.29, 0.717) is 11.4 Å². The molecule has 142 valence electrons. The number of hydrogen-bond donors (Lipinski definition) is 2. The summed E-state index contributed by atoms with van der Waals surface area (Å²) in [6, 6.07) is 13.0. The molecular weight excluding hydrogens is 370 g/mol. The van der Waals surface area contributed by atoms with Crippen molar-refractivity contribution < 1.29 is 22.7 Å². The minimum Gasteiger partial charge on any atom is -0.478 e. The number of carbonyl (C=O) groups excluding carboxylic acids is 2. The first kappa shape index (κ1) is 18.7. The van der Waals surface area contributed by atoms with Crippen LogP contribution in [-0.4, -0.2) is 39.1 Å². The molecule has 8 nitrogen and oxygen atoms in total. The van der Waals surface area contributed by atoms with E-state index < -0.39 is 27.9 Å². The van der Waals surface area contributed by atoms with Crippen molar-refractivity contribution in [1.29, 1.82) is 0 Å². The Morgan fingerprint density at radius 3 is 2.52 bits per heavy atom. The Bertz CT molecular complexity index is 990. The van der Waals surface area contributed by atoms with E-state index in [1.54, 1.807) is 42.5 Å². The van der Waals surface area contributed by atoms with Gasteiger partial charge in [0.25, 0.3) is 11.8 Å². The van der Waals surface area contributed by atoms with Gasteiger partial charge in [-0.1, -0.05) is 24.3 Å². The molecule has 2 aromatic rings. The number of para-hydroxylation sites is 3. The van der Waals surface area contributed by atoms with E-state index in [4.69, 9.17) is 10.5 Å². The Morgan fingerprint density at radius 2 is 1.81 bits per heavy atom. The lowest BCUT2D eigenvalue weighted by molar-refractivity contribution is -0.122. The molecule has 0 saturated carbocycles. The first-order valence-corrected chi connectivity index (χ1v) is 10.1. The molecule has 0 unspecified atom stereocenters. The van der Waals surface area contributed by atoms with E-state index in [0.717, 1.165) is 6.26 Å². The number of amides is 2. The first-order valence-electron chi connectivity index (χ1n) is 8.20. The van der Waals surface area contributed by atoms with E-state index in [1.165, 1.54) is 10.4 Å². The van der Waals surface area contributed by atoms with Crippen LogP contribution in [0.4, 0.5) is 11.4 Å². The fraction of sp³-hybridized carbons (Fsp3) is 0.222. The third kappa shape index (κ3) is 4.03. The molecule has 3 N–H and O–H groups in total. The Balaban J connectivity index is 1.87. The highest BCUT2D eigenvalue weighted by atomic mass is 32.2. The summed E-state index contributed by atoms with van der Waals surface area (Å²) < 4.78 is 31.2. The van der Waals surface area contributed by atoms with Crippen LogP contribution >= 0.6 is 0 Å². The van der Waals surface area contributed by atoms with Crippen LogP contribution in [0.2, 0.25) is 0 Å². The van der Waals surface area contributed by atoms with Crippen molar-refractivity contribution in [1.82, 2.24) is 0 Å². The number of sulfonamides is 1. The lowest BCUT2D eigenvalue weighted by atomic mass is 10.1. The van der Waals surface area contributed by atoms with Crippen molar-refractivity contribution >= 4 is 33.2 Å². The quantitative estimate of drug-likeness (QED) is 0.818. The van der Waals surface area contributed by atoms with Crippen LogP contribution in [0.3, 0.4) is 0 Å². The van der Waals surface area contributed by atoms with Crippen LogP contribution in [0.5, 0.6) is 5.75 Å². The summed E-state index contributed by atoms with van der Waals surface area (Å²) in [5.74, 6) is -0.862. The summed E-state index contributed by atoms with van der Waals surface area (Å²) in [6.45, 7) is 0.0887. The number of hydrogen-bond acceptors (Lipinski definition) is 5. The molecule has 9 heteroatoms. The molecule has 0 aromatic heterocycles. The third-order valence-corrected chi connectivity index (χ3v) is 5.32. The van der Waals surface area contributed by atoms with Crippen molar-refractivity contribution in [3.63, 3.8) is 0 Å². The van der Waals surface area contributed by atoms with Gasteiger partial charge in [0.15, 0.2) is 6.10 Å². The van der Waals surface area contributed by atoms with Crippen molar-refractivity contribution in [2.75, 3.05) is 22.4 Å². The number of nitrogens with one attached hydrogen (secondary N) is 1. The largest absolute Gasteiger partial charge is 0.478 e. The van der Waals surface area contributed by atoms with Crippen LogP contribution in [0, 0.1) is 0 Å². The minimum absolute atomic E-state index is 0.0887. The highest BCUT2D eigenvalue weighted by molar-refractivity contribution is 7.92. The molecule has 0 spiro atoms. The Kier molecular flexibility index (Phi) is 5.04. The van der Waals surface area contributed by atoms with Crippen molar-refractivity contribution in [3.05, 3.63) is 54.1 Å². The van der Waals surface area contributed by atoms with Gasteiger partial charge >= 0.3 is 0 Å². The second-order valence-corrected chi connectivity index (χ2v) is 8.00. The first-order chi connectivity index (χ1) is 12.8. The van der Waals surface area contributed by atoms with E-state index in [-0.39, 0.29) is 24.2 Å². The lowest BCUT2D eigenvalue weighted by Crippen LogP contribution is -2.36. The van der Waals surface area contributed by atoms with Gasteiger partial charge in [-0.15, -0.1) is 0 Å². The molecular formula is C18H19N3O5S. The summed E-state index contributed by atoms with van der Waals surface area (Å²) in [7, 11) is -3.53. The molecule has 0 bridgehead atoms. The molecule has 2 aromatic carbocycles.